The highest BCUT2D eigenvalue weighted by molar-refractivity contribution is 7.89. The van der Waals surface area contributed by atoms with Crippen molar-refractivity contribution in [2.45, 2.75) is 49.5 Å². The maximum atomic E-state index is 12.6. The summed E-state index contributed by atoms with van der Waals surface area (Å²) < 4.78 is 27.9. The van der Waals surface area contributed by atoms with Crippen molar-refractivity contribution in [2.24, 2.45) is 5.92 Å². The Hall–Kier alpha value is -1.44. The normalized spacial score (nSPS) is 25.2. The first-order valence-corrected chi connectivity index (χ1v) is 10.0. The summed E-state index contributed by atoms with van der Waals surface area (Å²) in [4.78, 5) is 13.6. The molecule has 1 heterocycles. The predicted molar refractivity (Wildman–Crippen MR) is 91.2 cm³/mol. The molecule has 2 atom stereocenters. The summed E-state index contributed by atoms with van der Waals surface area (Å²) in [5.41, 5.74) is 0.738. The van der Waals surface area contributed by atoms with Gasteiger partial charge in [0.1, 0.15) is 0 Å². The number of nitrogens with zero attached hydrogens (tertiary/aromatic N) is 1. The van der Waals surface area contributed by atoms with Crippen molar-refractivity contribution in [3.05, 3.63) is 24.3 Å². The molecule has 1 saturated carbocycles. The van der Waals surface area contributed by atoms with E-state index >= 15 is 0 Å². The maximum absolute atomic E-state index is 12.6. The molecule has 3 rings (SSSR count). The SMILES string of the molecule is O=C1CCCN1c1ccc(S(=O)(=O)N[C@@H]2CCCC[C@H]2CO)cc1. The van der Waals surface area contributed by atoms with Crippen molar-refractivity contribution in [2.75, 3.05) is 18.1 Å². The van der Waals surface area contributed by atoms with Crippen molar-refractivity contribution in [3.8, 4) is 0 Å². The van der Waals surface area contributed by atoms with Crippen LogP contribution in [0.25, 0.3) is 0 Å². The minimum atomic E-state index is -3.62. The van der Waals surface area contributed by atoms with Crippen LogP contribution in [0.3, 0.4) is 0 Å². The van der Waals surface area contributed by atoms with Gasteiger partial charge < -0.3 is 10.0 Å². The number of benzene rings is 1. The average Bonchev–Trinajstić information content (AvgIpc) is 3.01. The van der Waals surface area contributed by atoms with E-state index in [0.29, 0.717) is 13.0 Å². The minimum absolute atomic E-state index is 0.00317. The van der Waals surface area contributed by atoms with Crippen LogP contribution in [0.5, 0.6) is 0 Å². The lowest BCUT2D eigenvalue weighted by molar-refractivity contribution is -0.117. The third-order valence-electron chi connectivity index (χ3n) is 4.98. The number of aliphatic hydroxyl groups is 1. The Kier molecular flexibility index (Phi) is 5.22. The number of carbonyl (C=O) groups is 1. The molecule has 0 spiro atoms. The zero-order valence-corrected chi connectivity index (χ0v) is 14.5. The van der Waals surface area contributed by atoms with Gasteiger partial charge in [0.2, 0.25) is 15.9 Å². The topological polar surface area (TPSA) is 86.7 Å². The summed E-state index contributed by atoms with van der Waals surface area (Å²) >= 11 is 0. The molecule has 1 aliphatic carbocycles. The van der Waals surface area contributed by atoms with Gasteiger partial charge in [0.05, 0.1) is 4.90 Å². The number of anilines is 1. The summed E-state index contributed by atoms with van der Waals surface area (Å²) in [7, 11) is -3.62. The van der Waals surface area contributed by atoms with Crippen LogP contribution in [0.15, 0.2) is 29.2 Å². The third kappa shape index (κ3) is 3.63. The zero-order valence-electron chi connectivity index (χ0n) is 13.6. The lowest BCUT2D eigenvalue weighted by Crippen LogP contribution is -2.43. The van der Waals surface area contributed by atoms with Crippen LogP contribution < -0.4 is 9.62 Å². The number of carbonyl (C=O) groups excluding carboxylic acids is 1. The molecule has 132 valence electrons. The molecule has 1 amide bonds. The molecule has 2 N–H and O–H groups in total. The Balaban J connectivity index is 1.73. The maximum Gasteiger partial charge on any atom is 0.240 e. The second kappa shape index (κ2) is 7.21. The van der Waals surface area contributed by atoms with Crippen molar-refractivity contribution in [3.63, 3.8) is 0 Å². The van der Waals surface area contributed by atoms with Crippen LogP contribution in [-0.2, 0) is 14.8 Å². The smallest absolute Gasteiger partial charge is 0.240 e. The first kappa shape index (κ1) is 17.4. The Morgan fingerprint density at radius 3 is 2.46 bits per heavy atom. The molecule has 1 aliphatic heterocycles. The van der Waals surface area contributed by atoms with E-state index in [0.717, 1.165) is 37.8 Å². The number of amides is 1. The van der Waals surface area contributed by atoms with Crippen molar-refractivity contribution in [1.82, 2.24) is 4.72 Å². The molecule has 2 fully saturated rings. The molecular formula is C17H24N2O4S. The Morgan fingerprint density at radius 1 is 1.12 bits per heavy atom. The molecule has 0 aromatic heterocycles. The molecule has 1 aromatic carbocycles. The van der Waals surface area contributed by atoms with Gasteiger partial charge in [0.15, 0.2) is 0 Å². The van der Waals surface area contributed by atoms with E-state index in [-0.39, 0.29) is 29.4 Å². The quantitative estimate of drug-likeness (QED) is 0.843. The summed E-state index contributed by atoms with van der Waals surface area (Å²) in [6.07, 6.45) is 4.99. The summed E-state index contributed by atoms with van der Waals surface area (Å²) in [6.45, 7) is 0.687. The lowest BCUT2D eigenvalue weighted by atomic mass is 9.86. The number of aliphatic hydroxyl groups excluding tert-OH is 1. The highest BCUT2D eigenvalue weighted by atomic mass is 32.2. The van der Waals surface area contributed by atoms with Crippen LogP contribution in [0, 0.1) is 5.92 Å². The lowest BCUT2D eigenvalue weighted by Gasteiger charge is -2.30. The monoisotopic (exact) mass is 352 g/mol. The second-order valence-corrected chi connectivity index (χ2v) is 8.31. The fourth-order valence-electron chi connectivity index (χ4n) is 3.58. The van der Waals surface area contributed by atoms with Crippen LogP contribution in [0.4, 0.5) is 5.69 Å². The van der Waals surface area contributed by atoms with Crippen LogP contribution >= 0.6 is 0 Å². The number of hydrogen-bond acceptors (Lipinski definition) is 4. The van der Waals surface area contributed by atoms with Gasteiger partial charge >= 0.3 is 0 Å². The number of sulfonamides is 1. The number of hydrogen-bond donors (Lipinski definition) is 2. The van der Waals surface area contributed by atoms with Crippen LogP contribution in [-0.4, -0.2) is 38.6 Å². The Morgan fingerprint density at radius 2 is 1.83 bits per heavy atom. The number of nitrogens with one attached hydrogen (secondary N) is 1. The van der Waals surface area contributed by atoms with Gasteiger partial charge in [-0.2, -0.15) is 0 Å². The minimum Gasteiger partial charge on any atom is -0.396 e. The van der Waals surface area contributed by atoms with Gasteiger partial charge in [-0.1, -0.05) is 12.8 Å². The summed E-state index contributed by atoms with van der Waals surface area (Å²) in [5, 5.41) is 9.44. The van der Waals surface area contributed by atoms with Gasteiger partial charge in [-0.15, -0.1) is 0 Å². The molecule has 1 saturated heterocycles. The molecular weight excluding hydrogens is 328 g/mol. The molecule has 7 heteroatoms. The van der Waals surface area contributed by atoms with Crippen molar-refractivity contribution in [1.29, 1.82) is 0 Å². The van der Waals surface area contributed by atoms with E-state index in [2.05, 4.69) is 4.72 Å². The zero-order chi connectivity index (χ0) is 17.2. The van der Waals surface area contributed by atoms with E-state index in [4.69, 9.17) is 0 Å². The fraction of sp³-hybridized carbons (Fsp3) is 0.588. The fourth-order valence-corrected chi connectivity index (χ4v) is 4.91. The molecule has 0 bridgehead atoms. The molecule has 0 unspecified atom stereocenters. The Bertz CT molecular complexity index is 687. The van der Waals surface area contributed by atoms with Gasteiger partial charge in [-0.25, -0.2) is 13.1 Å². The van der Waals surface area contributed by atoms with E-state index < -0.39 is 10.0 Å². The number of rotatable bonds is 5. The molecule has 6 nitrogen and oxygen atoms in total. The summed E-state index contributed by atoms with van der Waals surface area (Å²) in [5.74, 6) is 0.0618. The molecule has 24 heavy (non-hydrogen) atoms. The largest absolute Gasteiger partial charge is 0.396 e. The first-order chi connectivity index (χ1) is 11.5. The molecule has 0 radical (unpaired) electrons. The van der Waals surface area contributed by atoms with Gasteiger partial charge in [-0.3, -0.25) is 4.79 Å². The van der Waals surface area contributed by atoms with E-state index in [1.165, 1.54) is 0 Å². The molecule has 1 aromatic rings. The van der Waals surface area contributed by atoms with Gasteiger partial charge in [0, 0.05) is 31.3 Å². The van der Waals surface area contributed by atoms with Crippen molar-refractivity contribution < 1.29 is 18.3 Å². The average molecular weight is 352 g/mol. The van der Waals surface area contributed by atoms with E-state index in [1.807, 2.05) is 0 Å². The highest BCUT2D eigenvalue weighted by Gasteiger charge is 2.29. The van der Waals surface area contributed by atoms with Gasteiger partial charge in [-0.05, 0) is 49.4 Å². The summed E-state index contributed by atoms with van der Waals surface area (Å²) in [6, 6.07) is 6.23. The molecule has 2 aliphatic rings. The Labute approximate surface area is 142 Å². The highest BCUT2D eigenvalue weighted by Crippen LogP contribution is 2.27. The van der Waals surface area contributed by atoms with E-state index in [9.17, 15) is 18.3 Å². The third-order valence-corrected chi connectivity index (χ3v) is 6.49. The second-order valence-electron chi connectivity index (χ2n) is 6.60. The first-order valence-electron chi connectivity index (χ1n) is 8.55. The predicted octanol–water partition coefficient (Wildman–Crippen LogP) is 1.64. The van der Waals surface area contributed by atoms with Crippen LogP contribution in [0.1, 0.15) is 38.5 Å². The van der Waals surface area contributed by atoms with Crippen molar-refractivity contribution >= 4 is 21.6 Å². The van der Waals surface area contributed by atoms with Crippen LogP contribution in [0.2, 0.25) is 0 Å². The van der Waals surface area contributed by atoms with E-state index in [1.54, 1.807) is 29.2 Å². The standard InChI is InChI=1S/C17H24N2O4S/c20-12-13-4-1-2-5-16(13)18-24(22,23)15-9-7-14(8-10-15)19-11-3-6-17(19)21/h7-10,13,16,18,20H,1-6,11-12H2/t13-,16+/m0/s1. The van der Waals surface area contributed by atoms with Gasteiger partial charge in [0.25, 0.3) is 0 Å².